The van der Waals surface area contributed by atoms with Gasteiger partial charge in [-0.25, -0.2) is 0 Å². The van der Waals surface area contributed by atoms with E-state index in [-0.39, 0.29) is 25.4 Å². The summed E-state index contributed by atoms with van der Waals surface area (Å²) in [5.74, 6) is -2.23. The van der Waals surface area contributed by atoms with E-state index in [1.54, 1.807) is 0 Å². The first-order valence-electron chi connectivity index (χ1n) is 12.0. The molecular formula is C21H34N3O10P. The van der Waals surface area contributed by atoms with E-state index in [1.165, 1.54) is 6.42 Å². The van der Waals surface area contributed by atoms with E-state index in [9.17, 15) is 30.0 Å². The van der Waals surface area contributed by atoms with Crippen molar-refractivity contribution in [2.75, 3.05) is 13.2 Å². The standard InChI is InChI=1S/C21H34N3O10P/c22-20(24-23-12-4-2-1-3-5-12)35-33-18(29)21(19(30)34-35)8-11(9-21)6-7-31-17-16(28)15(27)14(26)13(10-25)32-17/h11,13-17,20,24-28H,1-10,22H2/t11?,13-,14-,15+,16+,17?,20-,21?,35?/m1/s1. The monoisotopic (exact) mass is 519 g/mol. The number of carbonyl (C=O) groups is 2. The number of hydrazone groups is 1. The zero-order valence-corrected chi connectivity index (χ0v) is 20.2. The predicted molar refractivity (Wildman–Crippen MR) is 120 cm³/mol. The van der Waals surface area contributed by atoms with Crippen molar-refractivity contribution in [3.05, 3.63) is 0 Å². The van der Waals surface area contributed by atoms with Crippen molar-refractivity contribution in [1.82, 2.24) is 5.43 Å². The van der Waals surface area contributed by atoms with Crippen LogP contribution in [0.3, 0.4) is 0 Å². The Bertz CT molecular complexity index is 780. The molecule has 2 heterocycles. The van der Waals surface area contributed by atoms with Gasteiger partial charge in [0.05, 0.1) is 13.2 Å². The minimum absolute atomic E-state index is 0.0335. The molecule has 0 aromatic heterocycles. The van der Waals surface area contributed by atoms with E-state index < -0.39 is 68.9 Å². The number of ether oxygens (including phenoxy) is 2. The van der Waals surface area contributed by atoms with E-state index in [0.29, 0.717) is 6.42 Å². The molecule has 13 nitrogen and oxygen atoms in total. The number of carbonyl (C=O) groups excluding carboxylic acids is 2. The molecule has 2 aliphatic heterocycles. The quantitative estimate of drug-likeness (QED) is 0.101. The van der Waals surface area contributed by atoms with Crippen LogP contribution in [0.25, 0.3) is 0 Å². The Morgan fingerprint density at radius 1 is 1.09 bits per heavy atom. The third-order valence-electron chi connectivity index (χ3n) is 7.07. The highest BCUT2D eigenvalue weighted by Crippen LogP contribution is 2.58. The summed E-state index contributed by atoms with van der Waals surface area (Å²) in [4.78, 5) is 25.4. The summed E-state index contributed by atoms with van der Waals surface area (Å²) in [6.07, 6.45) is -0.715. The maximum Gasteiger partial charge on any atom is 0.336 e. The molecule has 0 amide bonds. The molecule has 4 rings (SSSR count). The average Bonchev–Trinajstić information content (AvgIpc) is 2.83. The molecule has 1 unspecified atom stereocenters. The summed E-state index contributed by atoms with van der Waals surface area (Å²) in [5.41, 5.74) is 8.42. The molecule has 0 aromatic carbocycles. The predicted octanol–water partition coefficient (Wildman–Crippen LogP) is -0.847. The summed E-state index contributed by atoms with van der Waals surface area (Å²) in [6.45, 7) is -0.440. The minimum Gasteiger partial charge on any atom is -0.403 e. The zero-order chi connectivity index (χ0) is 25.2. The van der Waals surface area contributed by atoms with Gasteiger partial charge in [-0.05, 0) is 50.9 Å². The van der Waals surface area contributed by atoms with E-state index in [4.69, 9.17) is 24.3 Å². The van der Waals surface area contributed by atoms with Crippen LogP contribution in [0.2, 0.25) is 0 Å². The van der Waals surface area contributed by atoms with Gasteiger partial charge in [0.15, 0.2) is 17.6 Å². The number of nitrogens with one attached hydrogen (secondary N) is 1. The van der Waals surface area contributed by atoms with Gasteiger partial charge in [0.25, 0.3) is 0 Å². The average molecular weight is 519 g/mol. The SMILES string of the molecule is N[C@H](NN=C1CCCCC1)P1OC(=O)C2(CC(CCOC3O[C@H](CO)[C@@H](O)[C@H](O)[C@@H]3O)C2)C(=O)O1. The van der Waals surface area contributed by atoms with Gasteiger partial charge >= 0.3 is 20.3 Å². The van der Waals surface area contributed by atoms with Crippen LogP contribution in [0.4, 0.5) is 0 Å². The molecule has 14 heteroatoms. The van der Waals surface area contributed by atoms with Gasteiger partial charge in [0, 0.05) is 5.71 Å². The molecule has 0 bridgehead atoms. The lowest BCUT2D eigenvalue weighted by atomic mass is 9.61. The molecular weight excluding hydrogens is 485 g/mol. The number of aliphatic hydroxyl groups excluding tert-OH is 4. The smallest absolute Gasteiger partial charge is 0.336 e. The number of hydrogen-bond donors (Lipinski definition) is 6. The van der Waals surface area contributed by atoms with Crippen LogP contribution in [0.5, 0.6) is 0 Å². The summed E-state index contributed by atoms with van der Waals surface area (Å²) in [5, 5.41) is 43.2. The van der Waals surface area contributed by atoms with Crippen LogP contribution in [-0.2, 0) is 28.1 Å². The zero-order valence-electron chi connectivity index (χ0n) is 19.3. The highest BCUT2D eigenvalue weighted by molar-refractivity contribution is 7.49. The Balaban J connectivity index is 1.21. The van der Waals surface area contributed by atoms with Crippen LogP contribution in [0, 0.1) is 11.3 Å². The minimum atomic E-state index is -2.00. The maximum absolute atomic E-state index is 12.7. The molecule has 1 spiro atoms. The second-order valence-corrected chi connectivity index (χ2v) is 11.1. The normalized spacial score (nSPS) is 40.5. The second kappa shape index (κ2) is 11.3. The third kappa shape index (κ3) is 5.62. The first-order valence-corrected chi connectivity index (χ1v) is 13.2. The number of nitrogens with zero attached hydrogens (tertiary/aromatic N) is 1. The largest absolute Gasteiger partial charge is 0.403 e. The lowest BCUT2D eigenvalue weighted by Gasteiger charge is -2.46. The van der Waals surface area contributed by atoms with Crippen LogP contribution in [-0.4, -0.2) is 87.9 Å². The molecule has 4 aliphatic rings. The number of nitrogens with two attached hydrogens (primary N) is 1. The Hall–Kier alpha value is -1.44. The van der Waals surface area contributed by atoms with E-state index >= 15 is 0 Å². The lowest BCUT2D eigenvalue weighted by molar-refractivity contribution is -0.301. The van der Waals surface area contributed by atoms with E-state index in [1.807, 2.05) is 0 Å². The van der Waals surface area contributed by atoms with Crippen LogP contribution >= 0.6 is 8.38 Å². The Morgan fingerprint density at radius 3 is 2.37 bits per heavy atom. The number of aliphatic hydroxyl groups is 4. The van der Waals surface area contributed by atoms with Crippen LogP contribution < -0.4 is 11.2 Å². The van der Waals surface area contributed by atoms with Gasteiger partial charge in [-0.15, -0.1) is 0 Å². The summed E-state index contributed by atoms with van der Waals surface area (Å²) in [7, 11) is -2.00. The Morgan fingerprint density at radius 2 is 1.74 bits per heavy atom. The first kappa shape index (κ1) is 26.6. The molecule has 0 aromatic rings. The lowest BCUT2D eigenvalue weighted by Crippen LogP contribution is -2.59. The molecule has 0 radical (unpaired) electrons. The fourth-order valence-electron chi connectivity index (χ4n) is 4.85. The van der Waals surface area contributed by atoms with Crippen molar-refractivity contribution in [3.8, 4) is 0 Å². The van der Waals surface area contributed by atoms with Gasteiger partial charge in [-0.3, -0.25) is 15.0 Å². The first-order chi connectivity index (χ1) is 16.7. The summed E-state index contributed by atoms with van der Waals surface area (Å²) in [6, 6.07) is 0. The molecule has 2 saturated heterocycles. The molecule has 198 valence electrons. The molecule has 4 fully saturated rings. The van der Waals surface area contributed by atoms with E-state index in [2.05, 4.69) is 10.5 Å². The van der Waals surface area contributed by atoms with Crippen molar-refractivity contribution in [2.24, 2.45) is 22.2 Å². The summed E-state index contributed by atoms with van der Waals surface area (Å²) >= 11 is 0. The summed E-state index contributed by atoms with van der Waals surface area (Å²) < 4.78 is 21.6. The molecule has 7 N–H and O–H groups in total. The van der Waals surface area contributed by atoms with Gasteiger partial charge < -0.3 is 44.7 Å². The number of rotatable bonds is 8. The molecule has 2 aliphatic carbocycles. The van der Waals surface area contributed by atoms with Crippen LogP contribution in [0.1, 0.15) is 51.4 Å². The fraction of sp³-hybridized carbons (Fsp3) is 0.857. The molecule has 2 saturated carbocycles. The van der Waals surface area contributed by atoms with Crippen molar-refractivity contribution in [1.29, 1.82) is 0 Å². The van der Waals surface area contributed by atoms with Crippen molar-refractivity contribution < 1.29 is 48.5 Å². The Kier molecular flexibility index (Phi) is 8.60. The van der Waals surface area contributed by atoms with Crippen molar-refractivity contribution in [3.63, 3.8) is 0 Å². The van der Waals surface area contributed by atoms with Gasteiger partial charge in [0.2, 0.25) is 0 Å². The van der Waals surface area contributed by atoms with Gasteiger partial charge in [0.1, 0.15) is 24.4 Å². The van der Waals surface area contributed by atoms with Crippen molar-refractivity contribution in [2.45, 2.75) is 88.0 Å². The van der Waals surface area contributed by atoms with Crippen molar-refractivity contribution >= 4 is 26.0 Å². The topological polar surface area (TPSA) is 202 Å². The fourth-order valence-corrected chi connectivity index (χ4v) is 5.94. The van der Waals surface area contributed by atoms with Crippen LogP contribution in [0.15, 0.2) is 5.10 Å². The maximum atomic E-state index is 12.7. The highest BCUT2D eigenvalue weighted by Gasteiger charge is 2.62. The number of hydrogen-bond acceptors (Lipinski definition) is 13. The third-order valence-corrected chi connectivity index (χ3v) is 8.33. The molecule has 6 atom stereocenters. The van der Waals surface area contributed by atoms with E-state index in [0.717, 1.165) is 31.4 Å². The second-order valence-electron chi connectivity index (χ2n) is 9.57. The van der Waals surface area contributed by atoms with Gasteiger partial charge in [-0.2, -0.15) is 5.10 Å². The highest BCUT2D eigenvalue weighted by atomic mass is 31.2. The Labute approximate surface area is 203 Å². The van der Waals surface area contributed by atoms with Gasteiger partial charge in [-0.1, -0.05) is 6.42 Å². The molecule has 35 heavy (non-hydrogen) atoms.